The molecule has 1 unspecified atom stereocenters. The summed E-state index contributed by atoms with van der Waals surface area (Å²) in [5.41, 5.74) is 5.18. The summed E-state index contributed by atoms with van der Waals surface area (Å²) in [5.74, 6) is -0.920. The molecule has 0 heterocycles. The Morgan fingerprint density at radius 3 is 2.57 bits per heavy atom. The van der Waals surface area contributed by atoms with Crippen molar-refractivity contribution in [1.29, 1.82) is 0 Å². The maximum absolute atomic E-state index is 11.1. The first-order valence-electron chi connectivity index (χ1n) is 4.56. The molecular formula is C8H17N3O3. The van der Waals surface area contributed by atoms with Crippen LogP contribution < -0.4 is 16.4 Å². The smallest absolute Gasteiger partial charge is 0.315 e. The van der Waals surface area contributed by atoms with E-state index < -0.39 is 5.97 Å². The fourth-order valence-corrected chi connectivity index (χ4v) is 0.930. The monoisotopic (exact) mass is 203 g/mol. The maximum Gasteiger partial charge on any atom is 0.315 e. The summed E-state index contributed by atoms with van der Waals surface area (Å²) in [4.78, 5) is 21.5. The number of hydrogen-bond donors (Lipinski definition) is 4. The van der Waals surface area contributed by atoms with E-state index in [1.165, 1.54) is 0 Å². The number of carbonyl (C=O) groups is 2. The van der Waals surface area contributed by atoms with E-state index in [0.29, 0.717) is 19.5 Å². The van der Waals surface area contributed by atoms with E-state index in [1.807, 2.05) is 6.92 Å². The Balaban J connectivity index is 3.80. The minimum Gasteiger partial charge on any atom is -0.481 e. The third kappa shape index (κ3) is 6.24. The molecule has 0 aromatic rings. The molecule has 2 amide bonds. The van der Waals surface area contributed by atoms with E-state index in [4.69, 9.17) is 10.8 Å². The second kappa shape index (κ2) is 7.14. The van der Waals surface area contributed by atoms with Gasteiger partial charge in [0.05, 0.1) is 6.42 Å². The first kappa shape index (κ1) is 12.7. The van der Waals surface area contributed by atoms with E-state index in [-0.39, 0.29) is 18.5 Å². The molecule has 0 rings (SSSR count). The SMILES string of the molecule is CCC(CC(=O)O)NC(=O)NCCN. The molecule has 0 spiro atoms. The van der Waals surface area contributed by atoms with Crippen LogP contribution in [0.5, 0.6) is 0 Å². The molecule has 5 N–H and O–H groups in total. The molecule has 0 fully saturated rings. The topological polar surface area (TPSA) is 104 Å². The number of rotatable bonds is 6. The van der Waals surface area contributed by atoms with E-state index >= 15 is 0 Å². The number of hydrogen-bond acceptors (Lipinski definition) is 3. The number of amides is 2. The second-order valence-corrected chi connectivity index (χ2v) is 2.89. The van der Waals surface area contributed by atoms with Crippen molar-refractivity contribution in [3.63, 3.8) is 0 Å². The number of nitrogens with two attached hydrogens (primary N) is 1. The quantitative estimate of drug-likeness (QED) is 0.467. The molecule has 0 radical (unpaired) electrons. The largest absolute Gasteiger partial charge is 0.481 e. The van der Waals surface area contributed by atoms with Gasteiger partial charge in [0.2, 0.25) is 0 Å². The lowest BCUT2D eigenvalue weighted by Gasteiger charge is -2.14. The normalized spacial score (nSPS) is 11.9. The Morgan fingerprint density at radius 1 is 1.50 bits per heavy atom. The average molecular weight is 203 g/mol. The Kier molecular flexibility index (Phi) is 6.47. The highest BCUT2D eigenvalue weighted by molar-refractivity contribution is 5.75. The van der Waals surface area contributed by atoms with Gasteiger partial charge in [0, 0.05) is 19.1 Å². The summed E-state index contributed by atoms with van der Waals surface area (Å²) in [6.45, 7) is 2.56. The second-order valence-electron chi connectivity index (χ2n) is 2.89. The summed E-state index contributed by atoms with van der Waals surface area (Å²) in [6, 6.07) is -0.700. The molecular weight excluding hydrogens is 186 g/mol. The Hall–Kier alpha value is -1.30. The summed E-state index contributed by atoms with van der Waals surface area (Å²) in [5, 5.41) is 13.6. The Labute approximate surface area is 82.9 Å². The lowest BCUT2D eigenvalue weighted by molar-refractivity contribution is -0.137. The van der Waals surface area contributed by atoms with Gasteiger partial charge in [-0.25, -0.2) is 4.79 Å². The van der Waals surface area contributed by atoms with Crippen molar-refractivity contribution in [3.05, 3.63) is 0 Å². The van der Waals surface area contributed by atoms with Gasteiger partial charge in [-0.15, -0.1) is 0 Å². The van der Waals surface area contributed by atoms with Crippen LogP contribution in [0.25, 0.3) is 0 Å². The summed E-state index contributed by atoms with van der Waals surface area (Å²) < 4.78 is 0. The lowest BCUT2D eigenvalue weighted by Crippen LogP contribution is -2.44. The van der Waals surface area contributed by atoms with Crippen molar-refractivity contribution in [2.75, 3.05) is 13.1 Å². The minimum atomic E-state index is -0.920. The van der Waals surface area contributed by atoms with Crippen molar-refractivity contribution < 1.29 is 14.7 Å². The molecule has 1 atom stereocenters. The predicted octanol–water partition coefficient (Wildman–Crippen LogP) is -0.502. The zero-order valence-electron chi connectivity index (χ0n) is 8.25. The highest BCUT2D eigenvalue weighted by atomic mass is 16.4. The molecule has 82 valence electrons. The number of urea groups is 1. The number of carboxylic acids is 1. The molecule has 0 saturated heterocycles. The third-order valence-electron chi connectivity index (χ3n) is 1.68. The summed E-state index contributed by atoms with van der Waals surface area (Å²) in [6.07, 6.45) is 0.523. The fraction of sp³-hybridized carbons (Fsp3) is 0.750. The van der Waals surface area contributed by atoms with Gasteiger partial charge < -0.3 is 21.5 Å². The highest BCUT2D eigenvalue weighted by Gasteiger charge is 2.12. The van der Waals surface area contributed by atoms with Crippen LogP contribution in [0.2, 0.25) is 0 Å². The van der Waals surface area contributed by atoms with Crippen LogP contribution in [0.15, 0.2) is 0 Å². The van der Waals surface area contributed by atoms with Gasteiger partial charge in [-0.1, -0.05) is 6.92 Å². The summed E-state index contributed by atoms with van der Waals surface area (Å²) in [7, 11) is 0. The molecule has 0 aromatic heterocycles. The van der Waals surface area contributed by atoms with E-state index in [0.717, 1.165) is 0 Å². The van der Waals surface area contributed by atoms with Crippen molar-refractivity contribution in [1.82, 2.24) is 10.6 Å². The number of nitrogens with one attached hydrogen (secondary N) is 2. The summed E-state index contributed by atoms with van der Waals surface area (Å²) >= 11 is 0. The Morgan fingerprint density at radius 2 is 2.14 bits per heavy atom. The maximum atomic E-state index is 11.1. The van der Waals surface area contributed by atoms with Crippen molar-refractivity contribution in [3.8, 4) is 0 Å². The van der Waals surface area contributed by atoms with Gasteiger partial charge >= 0.3 is 12.0 Å². The van der Waals surface area contributed by atoms with Gasteiger partial charge in [-0.05, 0) is 6.42 Å². The molecule has 0 bridgehead atoms. The zero-order valence-corrected chi connectivity index (χ0v) is 8.25. The first-order valence-corrected chi connectivity index (χ1v) is 4.56. The van der Waals surface area contributed by atoms with Gasteiger partial charge in [0.15, 0.2) is 0 Å². The molecule has 14 heavy (non-hydrogen) atoms. The van der Waals surface area contributed by atoms with E-state index in [2.05, 4.69) is 10.6 Å². The number of aliphatic carboxylic acids is 1. The lowest BCUT2D eigenvalue weighted by atomic mass is 10.1. The standard InChI is InChI=1S/C8H17N3O3/c1-2-6(5-7(12)13)11-8(14)10-4-3-9/h6H,2-5,9H2,1H3,(H,12,13)(H2,10,11,14). The molecule has 6 nitrogen and oxygen atoms in total. The molecule has 0 aromatic carbocycles. The molecule has 0 saturated carbocycles. The predicted molar refractivity (Wildman–Crippen MR) is 51.9 cm³/mol. The number of carbonyl (C=O) groups excluding carboxylic acids is 1. The van der Waals surface area contributed by atoms with Crippen LogP contribution in [-0.2, 0) is 4.79 Å². The van der Waals surface area contributed by atoms with Gasteiger partial charge in [0.25, 0.3) is 0 Å². The van der Waals surface area contributed by atoms with Crippen molar-refractivity contribution >= 4 is 12.0 Å². The van der Waals surface area contributed by atoms with Crippen LogP contribution in [0.3, 0.4) is 0 Å². The molecule has 6 heteroatoms. The van der Waals surface area contributed by atoms with Gasteiger partial charge in [-0.2, -0.15) is 0 Å². The van der Waals surface area contributed by atoms with Crippen LogP contribution >= 0.6 is 0 Å². The average Bonchev–Trinajstić information content (AvgIpc) is 2.12. The van der Waals surface area contributed by atoms with Crippen LogP contribution in [-0.4, -0.2) is 36.2 Å². The van der Waals surface area contributed by atoms with Crippen LogP contribution in [0.1, 0.15) is 19.8 Å². The van der Waals surface area contributed by atoms with Crippen LogP contribution in [0, 0.1) is 0 Å². The highest BCUT2D eigenvalue weighted by Crippen LogP contribution is 1.96. The van der Waals surface area contributed by atoms with Crippen LogP contribution in [0.4, 0.5) is 4.79 Å². The fourth-order valence-electron chi connectivity index (χ4n) is 0.930. The third-order valence-corrected chi connectivity index (χ3v) is 1.68. The Bertz CT molecular complexity index is 196. The van der Waals surface area contributed by atoms with Gasteiger partial charge in [-0.3, -0.25) is 4.79 Å². The zero-order chi connectivity index (χ0) is 11.0. The van der Waals surface area contributed by atoms with Crippen molar-refractivity contribution in [2.24, 2.45) is 5.73 Å². The molecule has 0 aliphatic heterocycles. The van der Waals surface area contributed by atoms with E-state index in [1.54, 1.807) is 0 Å². The van der Waals surface area contributed by atoms with E-state index in [9.17, 15) is 9.59 Å². The number of carboxylic acid groups (broad SMARTS) is 1. The minimum absolute atomic E-state index is 0.0630. The molecule has 0 aliphatic rings. The first-order chi connectivity index (χ1) is 6.60. The van der Waals surface area contributed by atoms with Gasteiger partial charge in [0.1, 0.15) is 0 Å². The molecule has 0 aliphatic carbocycles. The van der Waals surface area contributed by atoms with Crippen molar-refractivity contribution in [2.45, 2.75) is 25.8 Å².